The fourth-order valence-electron chi connectivity index (χ4n) is 3.92. The molecule has 6 heteroatoms. The van der Waals surface area contributed by atoms with Crippen LogP contribution in [0.1, 0.15) is 17.5 Å². The first-order valence-corrected chi connectivity index (χ1v) is 8.00. The molecular weight excluding hydrogens is 291 g/mol. The Labute approximate surface area is 129 Å². The number of hydrogen-bond donors (Lipinski definition) is 2. The Kier molecular flexibility index (Phi) is 3.24. The van der Waals surface area contributed by atoms with Gasteiger partial charge < -0.3 is 15.6 Å². The lowest BCUT2D eigenvalue weighted by molar-refractivity contribution is 0.345. The van der Waals surface area contributed by atoms with Crippen molar-refractivity contribution >= 4 is 23.0 Å². The van der Waals surface area contributed by atoms with Crippen molar-refractivity contribution in [1.29, 1.82) is 0 Å². The summed E-state index contributed by atoms with van der Waals surface area (Å²) in [7, 11) is 1.88. The van der Waals surface area contributed by atoms with E-state index < -0.39 is 0 Å². The highest BCUT2D eigenvalue weighted by Gasteiger charge is 2.37. The smallest absolute Gasteiger partial charge is 0.147 e. The van der Waals surface area contributed by atoms with Gasteiger partial charge in [-0.2, -0.15) is 0 Å². The summed E-state index contributed by atoms with van der Waals surface area (Å²) in [4.78, 5) is 2.19. The van der Waals surface area contributed by atoms with Crippen molar-refractivity contribution in [1.82, 2.24) is 10.3 Å². The minimum absolute atomic E-state index is 0.166. The number of anilines is 2. The van der Waals surface area contributed by atoms with Crippen LogP contribution in [0.2, 0.25) is 0 Å². The predicted molar refractivity (Wildman–Crippen MR) is 83.1 cm³/mol. The van der Waals surface area contributed by atoms with Gasteiger partial charge in [0, 0.05) is 25.7 Å². The number of halogens is 2. The van der Waals surface area contributed by atoms with Gasteiger partial charge in [-0.25, -0.2) is 9.40 Å². The fourth-order valence-corrected chi connectivity index (χ4v) is 4.19. The molecule has 1 aromatic rings. The Hall–Kier alpha value is -1.04. The Morgan fingerprint density at radius 2 is 2.10 bits per heavy atom. The second kappa shape index (κ2) is 5.00. The molecule has 3 aliphatic rings. The minimum Gasteiger partial charge on any atom is -0.368 e. The second-order valence-electron chi connectivity index (χ2n) is 6.33. The number of fused-ring (bicyclic) bond motifs is 2. The van der Waals surface area contributed by atoms with Crippen molar-refractivity contribution in [2.75, 3.05) is 43.6 Å². The summed E-state index contributed by atoms with van der Waals surface area (Å²) in [5.74, 6) is 1.20. The summed E-state index contributed by atoms with van der Waals surface area (Å²) in [6.45, 7) is 3.97. The van der Waals surface area contributed by atoms with Crippen molar-refractivity contribution < 1.29 is 4.39 Å². The van der Waals surface area contributed by atoms with Gasteiger partial charge in [0.15, 0.2) is 0 Å². The van der Waals surface area contributed by atoms with E-state index in [4.69, 9.17) is 11.6 Å². The average molecular weight is 311 g/mol. The summed E-state index contributed by atoms with van der Waals surface area (Å²) in [5, 5.41) is 5.27. The molecule has 1 aromatic carbocycles. The Morgan fingerprint density at radius 1 is 1.29 bits per heavy atom. The van der Waals surface area contributed by atoms with Gasteiger partial charge in [0.2, 0.25) is 0 Å². The lowest BCUT2D eigenvalue weighted by Gasteiger charge is -2.37. The number of nitrogens with one attached hydrogen (secondary N) is 2. The Bertz CT molecular complexity index is 567. The summed E-state index contributed by atoms with van der Waals surface area (Å²) < 4.78 is 14.5. The van der Waals surface area contributed by atoms with Gasteiger partial charge in [0.25, 0.3) is 0 Å². The van der Waals surface area contributed by atoms with E-state index in [-0.39, 0.29) is 11.3 Å². The normalized spacial score (nSPS) is 32.0. The maximum absolute atomic E-state index is 14.5. The maximum atomic E-state index is 14.5. The average Bonchev–Trinajstić information content (AvgIpc) is 3.05. The molecule has 0 aliphatic carbocycles. The predicted octanol–water partition coefficient (Wildman–Crippen LogP) is 2.38. The number of piperidine rings is 1. The molecule has 2 N–H and O–H groups in total. The summed E-state index contributed by atoms with van der Waals surface area (Å²) >= 11 is 6.46. The van der Waals surface area contributed by atoms with E-state index in [0.717, 1.165) is 49.8 Å². The number of benzene rings is 1. The van der Waals surface area contributed by atoms with Gasteiger partial charge in [-0.1, -0.05) is 11.6 Å². The molecule has 0 saturated carbocycles. The molecule has 21 heavy (non-hydrogen) atoms. The van der Waals surface area contributed by atoms with Gasteiger partial charge >= 0.3 is 0 Å². The highest BCUT2D eigenvalue weighted by Crippen LogP contribution is 2.45. The van der Waals surface area contributed by atoms with E-state index >= 15 is 0 Å². The van der Waals surface area contributed by atoms with Crippen molar-refractivity contribution in [2.24, 2.45) is 11.8 Å². The molecule has 3 unspecified atom stereocenters. The first-order valence-electron chi connectivity index (χ1n) is 7.57. The van der Waals surface area contributed by atoms with Crippen LogP contribution in [0.15, 0.2) is 12.1 Å². The number of alkyl halides is 1. The van der Waals surface area contributed by atoms with Crippen molar-refractivity contribution in [2.45, 2.75) is 11.9 Å². The van der Waals surface area contributed by atoms with E-state index in [1.54, 1.807) is 12.1 Å². The largest absolute Gasteiger partial charge is 0.368 e. The molecule has 114 valence electrons. The Balaban J connectivity index is 1.71. The molecule has 3 heterocycles. The molecule has 2 fully saturated rings. The van der Waals surface area contributed by atoms with E-state index in [2.05, 4.69) is 15.6 Å². The van der Waals surface area contributed by atoms with Crippen molar-refractivity contribution in [3.05, 3.63) is 23.5 Å². The molecule has 4 nitrogen and oxygen atoms in total. The summed E-state index contributed by atoms with van der Waals surface area (Å²) in [6.07, 6.45) is 1.12. The van der Waals surface area contributed by atoms with Crippen LogP contribution in [0.5, 0.6) is 0 Å². The van der Waals surface area contributed by atoms with Gasteiger partial charge in [0.1, 0.15) is 11.3 Å². The molecule has 0 amide bonds. The molecule has 2 saturated heterocycles. The number of hydrogen-bond acceptors (Lipinski definition) is 4. The number of nitrogens with zero attached hydrogens (tertiary/aromatic N) is 2. The monoisotopic (exact) mass is 310 g/mol. The Morgan fingerprint density at radius 3 is 2.95 bits per heavy atom. The molecule has 0 bridgehead atoms. The van der Waals surface area contributed by atoms with E-state index in [1.165, 1.54) is 0 Å². The standard InChI is InChI=1S/C15H20ClFN4/c1-20-15(16)13-12(19-20)3-2-11(17)14(13)21-5-4-9-6-18-7-10(9)8-21/h2-3,9-10,15,18-19H,4-8H2,1H3. The zero-order valence-electron chi connectivity index (χ0n) is 12.1. The highest BCUT2D eigenvalue weighted by molar-refractivity contribution is 6.22. The third-order valence-electron chi connectivity index (χ3n) is 5.06. The van der Waals surface area contributed by atoms with Crippen LogP contribution in [0.3, 0.4) is 0 Å². The van der Waals surface area contributed by atoms with Crippen LogP contribution < -0.4 is 15.6 Å². The molecule has 0 spiro atoms. The maximum Gasteiger partial charge on any atom is 0.147 e. The SMILES string of the molecule is CN1Nc2ccc(F)c(N3CCC4CNCC4C3)c2C1Cl. The zero-order valence-corrected chi connectivity index (χ0v) is 12.8. The van der Waals surface area contributed by atoms with Crippen LogP contribution in [0.4, 0.5) is 15.8 Å². The lowest BCUT2D eigenvalue weighted by Crippen LogP contribution is -2.41. The van der Waals surface area contributed by atoms with Crippen LogP contribution in [-0.4, -0.2) is 38.2 Å². The van der Waals surface area contributed by atoms with E-state index in [9.17, 15) is 4.39 Å². The number of hydrazine groups is 1. The molecular formula is C15H20ClFN4. The van der Waals surface area contributed by atoms with Gasteiger partial charge in [-0.15, -0.1) is 0 Å². The number of rotatable bonds is 1. The molecule has 4 rings (SSSR count). The van der Waals surface area contributed by atoms with Crippen molar-refractivity contribution in [3.8, 4) is 0 Å². The molecule has 3 atom stereocenters. The first-order chi connectivity index (χ1) is 10.1. The second-order valence-corrected chi connectivity index (χ2v) is 6.74. The van der Waals surface area contributed by atoms with E-state index in [1.807, 2.05) is 12.1 Å². The fraction of sp³-hybridized carbons (Fsp3) is 0.600. The third-order valence-corrected chi connectivity index (χ3v) is 5.57. The van der Waals surface area contributed by atoms with Gasteiger partial charge in [0.05, 0.1) is 11.4 Å². The quantitative estimate of drug-likeness (QED) is 0.616. The zero-order chi connectivity index (χ0) is 14.6. The molecule has 0 radical (unpaired) electrons. The van der Waals surface area contributed by atoms with Crippen LogP contribution in [-0.2, 0) is 0 Å². The first kappa shape index (κ1) is 13.6. The molecule has 3 aliphatic heterocycles. The lowest BCUT2D eigenvalue weighted by atomic mass is 9.88. The highest BCUT2D eigenvalue weighted by atomic mass is 35.5. The van der Waals surface area contributed by atoms with Crippen LogP contribution in [0.25, 0.3) is 0 Å². The van der Waals surface area contributed by atoms with Gasteiger partial charge in [-0.05, 0) is 43.5 Å². The topological polar surface area (TPSA) is 30.5 Å². The van der Waals surface area contributed by atoms with E-state index in [0.29, 0.717) is 11.6 Å². The van der Waals surface area contributed by atoms with Crippen molar-refractivity contribution in [3.63, 3.8) is 0 Å². The third kappa shape index (κ3) is 2.10. The summed E-state index contributed by atoms with van der Waals surface area (Å²) in [6, 6.07) is 3.32. The van der Waals surface area contributed by atoms with Crippen LogP contribution in [0, 0.1) is 17.7 Å². The van der Waals surface area contributed by atoms with Crippen LogP contribution >= 0.6 is 11.6 Å². The van der Waals surface area contributed by atoms with Gasteiger partial charge in [-0.3, -0.25) is 0 Å². The summed E-state index contributed by atoms with van der Waals surface area (Å²) in [5.41, 5.74) is 5.35. The minimum atomic E-state index is -0.329. The molecule has 0 aromatic heterocycles.